The van der Waals surface area contributed by atoms with E-state index in [9.17, 15) is 0 Å². The summed E-state index contributed by atoms with van der Waals surface area (Å²) in [5.41, 5.74) is 3.82. The molecule has 0 saturated carbocycles. The Balaban J connectivity index is 1.75. The van der Waals surface area contributed by atoms with Crippen LogP contribution in [0.15, 0.2) is 36.4 Å². The molecule has 0 amide bonds. The van der Waals surface area contributed by atoms with Crippen molar-refractivity contribution in [3.8, 4) is 5.75 Å². The molecule has 0 heterocycles. The number of halogens is 3. The first-order valence-corrected chi connectivity index (χ1v) is 8.97. The number of benzene rings is 2. The molecule has 2 aromatic carbocycles. The summed E-state index contributed by atoms with van der Waals surface area (Å²) in [5.74, 6) is 0.906. The summed E-state index contributed by atoms with van der Waals surface area (Å²) in [5, 5.41) is 1.29. The largest absolute Gasteiger partial charge is 0.489 e. The molecule has 0 spiro atoms. The Morgan fingerprint density at radius 1 is 1.14 bits per heavy atom. The summed E-state index contributed by atoms with van der Waals surface area (Å²) in [7, 11) is 0. The second-order valence-electron chi connectivity index (χ2n) is 5.24. The number of ether oxygens (including phenoxy) is 1. The fourth-order valence-corrected chi connectivity index (χ4v) is 4.09. The van der Waals surface area contributed by atoms with Gasteiger partial charge in [-0.25, -0.2) is 0 Å². The van der Waals surface area contributed by atoms with Crippen LogP contribution in [-0.4, -0.2) is 0 Å². The Morgan fingerprint density at radius 2 is 2.00 bits per heavy atom. The van der Waals surface area contributed by atoms with Crippen LogP contribution in [0.5, 0.6) is 5.75 Å². The van der Waals surface area contributed by atoms with Crippen molar-refractivity contribution in [2.45, 2.75) is 29.8 Å². The minimum Gasteiger partial charge on any atom is -0.489 e. The van der Waals surface area contributed by atoms with Crippen molar-refractivity contribution < 1.29 is 4.74 Å². The number of rotatable bonds is 3. The predicted octanol–water partition coefficient (Wildman–Crippen LogP) is 6.38. The molecule has 3 rings (SSSR count). The third kappa shape index (κ3) is 3.66. The Bertz CT molecular complexity index is 657. The monoisotopic (exact) mass is 432 g/mol. The maximum absolute atomic E-state index is 6.17. The predicted molar refractivity (Wildman–Crippen MR) is 96.9 cm³/mol. The topological polar surface area (TPSA) is 9.23 Å². The highest BCUT2D eigenvalue weighted by Crippen LogP contribution is 2.38. The first kappa shape index (κ1) is 15.4. The van der Waals surface area contributed by atoms with E-state index in [0.717, 1.165) is 11.3 Å². The van der Waals surface area contributed by atoms with Gasteiger partial charge in [0.2, 0.25) is 0 Å². The van der Waals surface area contributed by atoms with Crippen molar-refractivity contribution in [1.29, 1.82) is 0 Å². The van der Waals surface area contributed by atoms with Crippen molar-refractivity contribution in [3.63, 3.8) is 0 Å². The van der Waals surface area contributed by atoms with E-state index in [4.69, 9.17) is 27.9 Å². The molecule has 0 bridgehead atoms. The lowest BCUT2D eigenvalue weighted by molar-refractivity contribution is 0.305. The number of aryl methyl sites for hydroxylation is 1. The Labute approximate surface area is 148 Å². The number of hydrogen-bond acceptors (Lipinski definition) is 1. The minimum atomic E-state index is 0.459. The van der Waals surface area contributed by atoms with Crippen molar-refractivity contribution in [2.24, 2.45) is 0 Å². The van der Waals surface area contributed by atoms with E-state index < -0.39 is 0 Å². The van der Waals surface area contributed by atoms with Gasteiger partial charge >= 0.3 is 0 Å². The van der Waals surface area contributed by atoms with Gasteiger partial charge in [0, 0.05) is 19.5 Å². The van der Waals surface area contributed by atoms with Crippen LogP contribution in [-0.2, 0) is 13.0 Å². The van der Waals surface area contributed by atoms with Crippen LogP contribution >= 0.6 is 45.8 Å². The van der Waals surface area contributed by atoms with Gasteiger partial charge in [-0.05, 0) is 54.7 Å². The van der Waals surface area contributed by atoms with E-state index in [1.54, 1.807) is 6.07 Å². The van der Waals surface area contributed by atoms with Crippen LogP contribution in [0.1, 0.15) is 33.5 Å². The summed E-state index contributed by atoms with van der Waals surface area (Å²) in [6, 6.07) is 11.9. The molecule has 0 saturated heterocycles. The maximum atomic E-state index is 6.17. The molecule has 0 N–H and O–H groups in total. The van der Waals surface area contributed by atoms with Gasteiger partial charge < -0.3 is 4.74 Å². The molecule has 0 aromatic heterocycles. The van der Waals surface area contributed by atoms with Crippen LogP contribution < -0.4 is 4.74 Å². The van der Waals surface area contributed by atoms with Gasteiger partial charge in [0.1, 0.15) is 12.4 Å². The smallest absolute Gasteiger partial charge is 0.120 e. The quantitative estimate of drug-likeness (QED) is 0.403. The van der Waals surface area contributed by atoms with E-state index in [0.29, 0.717) is 20.6 Å². The normalized spacial score (nSPS) is 17.4. The average Bonchev–Trinajstić information content (AvgIpc) is 2.47. The summed E-state index contributed by atoms with van der Waals surface area (Å²) in [6.45, 7) is 0.459. The molecular formula is C17H15Cl2IO. The molecular weight excluding hydrogens is 418 g/mol. The van der Waals surface area contributed by atoms with Gasteiger partial charge in [-0.2, -0.15) is 0 Å². The summed E-state index contributed by atoms with van der Waals surface area (Å²) >= 11 is 14.6. The van der Waals surface area contributed by atoms with Crippen LogP contribution in [0.3, 0.4) is 0 Å². The highest BCUT2D eigenvalue weighted by atomic mass is 127. The molecule has 21 heavy (non-hydrogen) atoms. The van der Waals surface area contributed by atoms with Crippen LogP contribution in [0, 0.1) is 0 Å². The summed E-state index contributed by atoms with van der Waals surface area (Å²) < 4.78 is 6.49. The lowest BCUT2D eigenvalue weighted by Crippen LogP contribution is -2.05. The van der Waals surface area contributed by atoms with Gasteiger partial charge in [0.05, 0.1) is 0 Å². The van der Waals surface area contributed by atoms with Crippen LogP contribution in [0.25, 0.3) is 0 Å². The molecule has 4 heteroatoms. The van der Waals surface area contributed by atoms with Crippen LogP contribution in [0.4, 0.5) is 0 Å². The van der Waals surface area contributed by atoms with Gasteiger partial charge in [0.25, 0.3) is 0 Å². The van der Waals surface area contributed by atoms with Crippen molar-refractivity contribution >= 4 is 45.8 Å². The third-order valence-electron chi connectivity index (χ3n) is 3.77. The second kappa shape index (κ2) is 6.76. The molecule has 1 aliphatic carbocycles. The Morgan fingerprint density at radius 3 is 2.81 bits per heavy atom. The van der Waals surface area contributed by atoms with E-state index in [1.807, 2.05) is 12.1 Å². The van der Waals surface area contributed by atoms with Crippen molar-refractivity contribution in [3.05, 3.63) is 63.1 Å². The zero-order valence-corrected chi connectivity index (χ0v) is 15.1. The molecule has 1 nitrogen and oxygen atoms in total. The van der Waals surface area contributed by atoms with Gasteiger partial charge in [-0.3, -0.25) is 0 Å². The summed E-state index contributed by atoms with van der Waals surface area (Å²) in [6.07, 6.45) is 3.71. The number of hydrogen-bond donors (Lipinski definition) is 0. The third-order valence-corrected chi connectivity index (χ3v) is 5.65. The van der Waals surface area contributed by atoms with E-state index in [-0.39, 0.29) is 0 Å². The lowest BCUT2D eigenvalue weighted by Gasteiger charge is -2.21. The highest BCUT2D eigenvalue weighted by molar-refractivity contribution is 14.1. The molecule has 2 aromatic rings. The molecule has 1 atom stereocenters. The van der Waals surface area contributed by atoms with E-state index in [2.05, 4.69) is 40.8 Å². The first-order valence-electron chi connectivity index (χ1n) is 6.97. The zero-order chi connectivity index (χ0) is 14.8. The number of fused-ring (bicyclic) bond motifs is 1. The van der Waals surface area contributed by atoms with Crippen molar-refractivity contribution in [2.75, 3.05) is 0 Å². The molecule has 0 aliphatic heterocycles. The van der Waals surface area contributed by atoms with Gasteiger partial charge in [0.15, 0.2) is 0 Å². The maximum Gasteiger partial charge on any atom is 0.120 e. The SMILES string of the molecule is Clc1ccc(COc2ccc3c(c2)C(I)CCC3)c(Cl)c1. The Hall–Kier alpha value is -0.450. The minimum absolute atomic E-state index is 0.459. The molecule has 110 valence electrons. The highest BCUT2D eigenvalue weighted by Gasteiger charge is 2.18. The second-order valence-corrected chi connectivity index (χ2v) is 7.59. The fourth-order valence-electron chi connectivity index (χ4n) is 2.61. The molecule has 1 unspecified atom stereocenters. The van der Waals surface area contributed by atoms with Gasteiger partial charge in [-0.15, -0.1) is 0 Å². The first-order chi connectivity index (χ1) is 10.1. The molecule has 0 radical (unpaired) electrons. The fraction of sp³-hybridized carbons (Fsp3) is 0.294. The van der Waals surface area contributed by atoms with E-state index in [1.165, 1.54) is 30.4 Å². The van der Waals surface area contributed by atoms with E-state index >= 15 is 0 Å². The van der Waals surface area contributed by atoms with Gasteiger partial charge in [-0.1, -0.05) is 57.9 Å². The zero-order valence-electron chi connectivity index (χ0n) is 11.4. The molecule has 0 fully saturated rings. The number of alkyl halides is 1. The molecule has 1 aliphatic rings. The summed E-state index contributed by atoms with van der Waals surface area (Å²) in [4.78, 5) is 0. The average molecular weight is 433 g/mol. The van der Waals surface area contributed by atoms with Crippen molar-refractivity contribution in [1.82, 2.24) is 0 Å². The lowest BCUT2D eigenvalue weighted by atomic mass is 9.91. The Kier molecular flexibility index (Phi) is 4.97. The standard InChI is InChI=1S/C17H15Cl2IO/c18-13-6-4-12(16(19)8-13)10-21-14-7-5-11-2-1-3-17(20)15(11)9-14/h4-9,17H,1-3,10H2. The van der Waals surface area contributed by atoms with Crippen LogP contribution in [0.2, 0.25) is 10.0 Å².